The molecule has 1 amide bonds. The van der Waals surface area contributed by atoms with Crippen molar-refractivity contribution >= 4 is 22.6 Å². The monoisotopic (exact) mass is 338 g/mol. The molecule has 4 rings (SSSR count). The van der Waals surface area contributed by atoms with Crippen molar-refractivity contribution in [3.63, 3.8) is 0 Å². The third-order valence-corrected chi connectivity index (χ3v) is 4.61. The van der Waals surface area contributed by atoms with E-state index in [2.05, 4.69) is 27.0 Å². The van der Waals surface area contributed by atoms with Gasteiger partial charge >= 0.3 is 0 Å². The number of anilines is 1. The number of carbonyl (C=O) groups is 1. The van der Waals surface area contributed by atoms with Crippen molar-refractivity contribution < 1.29 is 9.18 Å². The topological polar surface area (TPSA) is 52.2 Å². The second kappa shape index (κ2) is 6.20. The number of rotatable bonds is 2. The molecule has 1 aliphatic rings. The van der Waals surface area contributed by atoms with Crippen LogP contribution >= 0.6 is 0 Å². The molecule has 1 aliphatic heterocycles. The Morgan fingerprint density at radius 3 is 2.52 bits per heavy atom. The van der Waals surface area contributed by atoms with Crippen LogP contribution in [0.4, 0.5) is 10.1 Å². The number of aryl methyl sites for hydroxylation is 1. The van der Waals surface area contributed by atoms with Crippen LogP contribution in [0.25, 0.3) is 11.0 Å². The van der Waals surface area contributed by atoms with Gasteiger partial charge in [0.2, 0.25) is 0 Å². The van der Waals surface area contributed by atoms with Crippen LogP contribution in [0, 0.1) is 12.7 Å². The fraction of sp³-hybridized carbons (Fsp3) is 0.263. The van der Waals surface area contributed by atoms with Crippen LogP contribution in [-0.2, 0) is 0 Å². The first-order valence-electron chi connectivity index (χ1n) is 8.36. The van der Waals surface area contributed by atoms with Crippen molar-refractivity contribution in [1.29, 1.82) is 0 Å². The Bertz CT molecular complexity index is 911. The number of hydrogen-bond acceptors (Lipinski definition) is 3. The molecular weight excluding hydrogens is 319 g/mol. The van der Waals surface area contributed by atoms with Crippen molar-refractivity contribution in [1.82, 2.24) is 14.9 Å². The van der Waals surface area contributed by atoms with Gasteiger partial charge in [-0.1, -0.05) is 0 Å². The summed E-state index contributed by atoms with van der Waals surface area (Å²) in [6, 6.07) is 11.9. The fourth-order valence-electron chi connectivity index (χ4n) is 3.26. The molecular formula is C19H19FN4O. The highest BCUT2D eigenvalue weighted by atomic mass is 19.1. The van der Waals surface area contributed by atoms with E-state index in [9.17, 15) is 9.18 Å². The summed E-state index contributed by atoms with van der Waals surface area (Å²) in [6.45, 7) is 4.78. The highest BCUT2D eigenvalue weighted by molar-refractivity contribution is 5.94. The van der Waals surface area contributed by atoms with Crippen LogP contribution in [0.5, 0.6) is 0 Å². The van der Waals surface area contributed by atoms with Crippen LogP contribution in [-0.4, -0.2) is 47.0 Å². The van der Waals surface area contributed by atoms with Crippen LogP contribution in [0.2, 0.25) is 0 Å². The molecule has 0 spiro atoms. The molecule has 1 fully saturated rings. The van der Waals surface area contributed by atoms with E-state index < -0.39 is 0 Å². The standard InChI is InChI=1S/C19H19FN4O/c1-13-21-17-7-6-16(12-18(17)22-13)23-8-10-24(11-9-23)19(25)14-2-4-15(20)5-3-14/h2-7,12H,8-11H2,1H3,(H,21,22). The summed E-state index contributed by atoms with van der Waals surface area (Å²) in [5.74, 6) is 0.534. The number of piperazine rings is 1. The van der Waals surface area contributed by atoms with Crippen molar-refractivity contribution in [2.45, 2.75) is 6.92 Å². The summed E-state index contributed by atoms with van der Waals surface area (Å²) in [7, 11) is 0. The minimum absolute atomic E-state index is 0.0423. The molecule has 0 atom stereocenters. The Balaban J connectivity index is 1.45. The Kier molecular flexibility index (Phi) is 3.87. The van der Waals surface area contributed by atoms with E-state index in [0.717, 1.165) is 35.6 Å². The maximum absolute atomic E-state index is 13.0. The molecule has 2 heterocycles. The molecule has 2 aromatic carbocycles. The normalized spacial score (nSPS) is 15.0. The first kappa shape index (κ1) is 15.6. The third-order valence-electron chi connectivity index (χ3n) is 4.61. The molecule has 128 valence electrons. The van der Waals surface area contributed by atoms with E-state index in [1.165, 1.54) is 12.1 Å². The number of fused-ring (bicyclic) bond motifs is 1. The van der Waals surface area contributed by atoms with E-state index in [0.29, 0.717) is 18.7 Å². The number of aromatic amines is 1. The number of nitrogens with zero attached hydrogens (tertiary/aromatic N) is 3. The van der Waals surface area contributed by atoms with Gasteiger partial charge in [-0.3, -0.25) is 4.79 Å². The molecule has 0 unspecified atom stereocenters. The lowest BCUT2D eigenvalue weighted by molar-refractivity contribution is 0.0746. The van der Waals surface area contributed by atoms with E-state index in [1.54, 1.807) is 12.1 Å². The minimum Gasteiger partial charge on any atom is -0.368 e. The number of halogens is 1. The SMILES string of the molecule is Cc1nc2ccc(N3CCN(C(=O)c4ccc(F)cc4)CC3)cc2[nH]1. The van der Waals surface area contributed by atoms with Gasteiger partial charge < -0.3 is 14.8 Å². The van der Waals surface area contributed by atoms with Crippen LogP contribution in [0.1, 0.15) is 16.2 Å². The number of H-pyrrole nitrogens is 1. The zero-order valence-electron chi connectivity index (χ0n) is 14.0. The summed E-state index contributed by atoms with van der Waals surface area (Å²) in [6.07, 6.45) is 0. The zero-order valence-corrected chi connectivity index (χ0v) is 14.0. The Labute approximate surface area is 145 Å². The summed E-state index contributed by atoms with van der Waals surface area (Å²) in [5.41, 5.74) is 3.65. The molecule has 5 nitrogen and oxygen atoms in total. The van der Waals surface area contributed by atoms with Gasteiger partial charge in [0.1, 0.15) is 11.6 Å². The van der Waals surface area contributed by atoms with Crippen LogP contribution < -0.4 is 4.90 Å². The number of amides is 1. The second-order valence-electron chi connectivity index (χ2n) is 6.31. The van der Waals surface area contributed by atoms with Crippen LogP contribution in [0.15, 0.2) is 42.5 Å². The minimum atomic E-state index is -0.328. The predicted molar refractivity (Wildman–Crippen MR) is 95.3 cm³/mol. The molecule has 1 aromatic heterocycles. The maximum atomic E-state index is 13.0. The lowest BCUT2D eigenvalue weighted by atomic mass is 10.1. The number of carbonyl (C=O) groups excluding carboxylic acids is 1. The lowest BCUT2D eigenvalue weighted by Gasteiger charge is -2.36. The Hall–Kier alpha value is -2.89. The van der Waals surface area contributed by atoms with Gasteiger partial charge in [0, 0.05) is 37.4 Å². The van der Waals surface area contributed by atoms with Crippen molar-refractivity contribution in [3.05, 3.63) is 59.7 Å². The molecule has 1 saturated heterocycles. The number of nitrogens with one attached hydrogen (secondary N) is 1. The second-order valence-corrected chi connectivity index (χ2v) is 6.31. The largest absolute Gasteiger partial charge is 0.368 e. The van der Waals surface area contributed by atoms with Gasteiger partial charge in [-0.25, -0.2) is 9.37 Å². The molecule has 0 saturated carbocycles. The highest BCUT2D eigenvalue weighted by Crippen LogP contribution is 2.22. The molecule has 0 aliphatic carbocycles. The number of imidazole rings is 1. The van der Waals surface area contributed by atoms with Crippen molar-refractivity contribution in [2.24, 2.45) is 0 Å². The number of hydrogen-bond donors (Lipinski definition) is 1. The van der Waals surface area contributed by atoms with Gasteiger partial charge in [0.25, 0.3) is 5.91 Å². The molecule has 25 heavy (non-hydrogen) atoms. The number of benzene rings is 2. The summed E-state index contributed by atoms with van der Waals surface area (Å²) >= 11 is 0. The van der Waals surface area contributed by atoms with Crippen LogP contribution in [0.3, 0.4) is 0 Å². The van der Waals surface area contributed by atoms with Crippen molar-refractivity contribution in [2.75, 3.05) is 31.1 Å². The van der Waals surface area contributed by atoms with E-state index in [1.807, 2.05) is 17.9 Å². The van der Waals surface area contributed by atoms with E-state index in [4.69, 9.17) is 0 Å². The molecule has 1 N–H and O–H groups in total. The smallest absolute Gasteiger partial charge is 0.253 e. The van der Waals surface area contributed by atoms with Gasteiger partial charge in [-0.15, -0.1) is 0 Å². The zero-order chi connectivity index (χ0) is 17.4. The van der Waals surface area contributed by atoms with Gasteiger partial charge in [0.15, 0.2) is 0 Å². The maximum Gasteiger partial charge on any atom is 0.253 e. The Morgan fingerprint density at radius 1 is 1.08 bits per heavy atom. The lowest BCUT2D eigenvalue weighted by Crippen LogP contribution is -2.48. The third kappa shape index (κ3) is 3.07. The first-order valence-corrected chi connectivity index (χ1v) is 8.36. The average Bonchev–Trinajstić information content (AvgIpc) is 3.01. The number of aromatic nitrogens is 2. The predicted octanol–water partition coefficient (Wildman–Crippen LogP) is 2.97. The quantitative estimate of drug-likeness (QED) is 0.781. The average molecular weight is 338 g/mol. The molecule has 0 bridgehead atoms. The van der Waals surface area contributed by atoms with E-state index in [-0.39, 0.29) is 11.7 Å². The summed E-state index contributed by atoms with van der Waals surface area (Å²) in [5, 5.41) is 0. The molecule has 0 radical (unpaired) electrons. The van der Waals surface area contributed by atoms with E-state index >= 15 is 0 Å². The fourth-order valence-corrected chi connectivity index (χ4v) is 3.26. The summed E-state index contributed by atoms with van der Waals surface area (Å²) < 4.78 is 13.0. The molecule has 6 heteroatoms. The molecule has 3 aromatic rings. The Morgan fingerprint density at radius 2 is 1.80 bits per heavy atom. The van der Waals surface area contributed by atoms with Gasteiger partial charge in [0.05, 0.1) is 11.0 Å². The van der Waals surface area contributed by atoms with Gasteiger partial charge in [-0.05, 0) is 49.4 Å². The highest BCUT2D eigenvalue weighted by Gasteiger charge is 2.22. The summed E-state index contributed by atoms with van der Waals surface area (Å²) in [4.78, 5) is 24.3. The van der Waals surface area contributed by atoms with Gasteiger partial charge in [-0.2, -0.15) is 0 Å². The first-order chi connectivity index (χ1) is 12.1. The van der Waals surface area contributed by atoms with Crippen molar-refractivity contribution in [3.8, 4) is 0 Å².